The van der Waals surface area contributed by atoms with Gasteiger partial charge in [0.1, 0.15) is 23.0 Å². The second kappa shape index (κ2) is 8.00. The van der Waals surface area contributed by atoms with Gasteiger partial charge in [0.25, 0.3) is 0 Å². The van der Waals surface area contributed by atoms with E-state index in [0.29, 0.717) is 17.1 Å². The van der Waals surface area contributed by atoms with Gasteiger partial charge in [0, 0.05) is 5.69 Å². The van der Waals surface area contributed by atoms with Crippen LogP contribution in [-0.4, -0.2) is 16.1 Å². The molecule has 7 heteroatoms. The number of aromatic nitrogens is 1. The number of carbonyl (C=O) groups is 1. The van der Waals surface area contributed by atoms with E-state index in [1.807, 2.05) is 37.3 Å². The van der Waals surface area contributed by atoms with Crippen molar-refractivity contribution < 1.29 is 4.79 Å². The van der Waals surface area contributed by atoms with Crippen LogP contribution in [0.2, 0.25) is 0 Å². The maximum atomic E-state index is 12.4. The van der Waals surface area contributed by atoms with E-state index in [0.717, 1.165) is 0 Å². The lowest BCUT2D eigenvalue weighted by Crippen LogP contribution is -2.24. The monoisotopic (exact) mass is 337 g/mol. The number of nitriles is 2. The van der Waals surface area contributed by atoms with Crippen LogP contribution in [0.5, 0.6) is 0 Å². The Morgan fingerprint density at radius 2 is 1.96 bits per heavy atom. The molecule has 1 atom stereocenters. The molecule has 1 aromatic heterocycles. The summed E-state index contributed by atoms with van der Waals surface area (Å²) in [6, 6.07) is 14.4. The molecule has 2 rings (SSSR count). The zero-order valence-corrected chi connectivity index (χ0v) is 13.8. The Labute approximate surface area is 144 Å². The molecule has 6 nitrogen and oxygen atoms in total. The Hall–Kier alpha value is -3.03. The van der Waals surface area contributed by atoms with Crippen molar-refractivity contribution in [3.63, 3.8) is 0 Å². The number of thioether (sulfide) groups is 1. The van der Waals surface area contributed by atoms with Crippen molar-refractivity contribution in [2.75, 3.05) is 11.1 Å². The quantitative estimate of drug-likeness (QED) is 0.810. The van der Waals surface area contributed by atoms with Crippen LogP contribution in [0.15, 0.2) is 41.4 Å². The number of carbonyl (C=O) groups excluding carboxylic acids is 1. The fraction of sp³-hybridized carbons (Fsp3) is 0.176. The van der Waals surface area contributed by atoms with E-state index in [-0.39, 0.29) is 22.9 Å². The van der Waals surface area contributed by atoms with Crippen molar-refractivity contribution in [1.82, 2.24) is 4.98 Å². The van der Waals surface area contributed by atoms with E-state index in [4.69, 9.17) is 11.0 Å². The number of pyridine rings is 1. The average molecular weight is 337 g/mol. The molecule has 0 unspecified atom stereocenters. The summed E-state index contributed by atoms with van der Waals surface area (Å²) in [7, 11) is 0. The van der Waals surface area contributed by atoms with Gasteiger partial charge < -0.3 is 11.1 Å². The van der Waals surface area contributed by atoms with Crippen LogP contribution in [0, 0.1) is 22.7 Å². The highest BCUT2D eigenvalue weighted by atomic mass is 32.2. The molecule has 0 radical (unpaired) electrons. The third-order valence-corrected chi connectivity index (χ3v) is 4.58. The van der Waals surface area contributed by atoms with E-state index < -0.39 is 5.25 Å². The van der Waals surface area contributed by atoms with Gasteiger partial charge in [-0.3, -0.25) is 4.79 Å². The van der Waals surface area contributed by atoms with Gasteiger partial charge in [-0.1, -0.05) is 36.9 Å². The van der Waals surface area contributed by atoms with E-state index in [1.165, 1.54) is 17.8 Å². The number of nitrogens with zero attached hydrogens (tertiary/aromatic N) is 3. The molecule has 1 aromatic carbocycles. The maximum Gasteiger partial charge on any atom is 0.237 e. The maximum absolute atomic E-state index is 12.4. The number of nitrogen functional groups attached to an aromatic ring is 1. The third-order valence-electron chi connectivity index (χ3n) is 3.22. The summed E-state index contributed by atoms with van der Waals surface area (Å²) in [5.41, 5.74) is 6.80. The smallest absolute Gasteiger partial charge is 0.237 e. The second-order valence-electron chi connectivity index (χ2n) is 4.87. The molecular formula is C17H15N5OS. The van der Waals surface area contributed by atoms with Crippen LogP contribution in [0.1, 0.15) is 24.5 Å². The summed E-state index contributed by atoms with van der Waals surface area (Å²) in [6.45, 7) is 1.88. The van der Waals surface area contributed by atoms with E-state index in [1.54, 1.807) is 12.1 Å². The Kier molecular flexibility index (Phi) is 5.78. The van der Waals surface area contributed by atoms with Gasteiger partial charge in [0.2, 0.25) is 5.91 Å². The molecule has 0 saturated carbocycles. The molecule has 1 heterocycles. The summed E-state index contributed by atoms with van der Waals surface area (Å²) in [4.78, 5) is 16.5. The van der Waals surface area contributed by atoms with Crippen molar-refractivity contribution in [2.24, 2.45) is 0 Å². The lowest BCUT2D eigenvalue weighted by Gasteiger charge is -2.15. The number of anilines is 2. The number of nitrogens with one attached hydrogen (secondary N) is 1. The Balaban J connectivity index is 2.21. The first-order valence-corrected chi connectivity index (χ1v) is 8.10. The van der Waals surface area contributed by atoms with Crippen molar-refractivity contribution in [3.05, 3.63) is 47.5 Å². The molecule has 0 saturated heterocycles. The molecule has 120 valence electrons. The first-order valence-electron chi connectivity index (χ1n) is 7.22. The zero-order chi connectivity index (χ0) is 17.5. The highest BCUT2D eigenvalue weighted by Crippen LogP contribution is 2.29. The van der Waals surface area contributed by atoms with Gasteiger partial charge in [-0.25, -0.2) is 4.98 Å². The van der Waals surface area contributed by atoms with Crippen molar-refractivity contribution in [2.45, 2.75) is 23.6 Å². The number of nitrogens with two attached hydrogens (primary N) is 1. The van der Waals surface area contributed by atoms with Gasteiger partial charge in [0.05, 0.1) is 16.4 Å². The average Bonchev–Trinajstić information content (AvgIpc) is 2.60. The fourth-order valence-electron chi connectivity index (χ4n) is 1.97. The molecule has 1 amide bonds. The van der Waals surface area contributed by atoms with Crippen LogP contribution >= 0.6 is 11.8 Å². The molecule has 0 aliphatic rings. The van der Waals surface area contributed by atoms with E-state index >= 15 is 0 Å². The predicted molar refractivity (Wildman–Crippen MR) is 93.1 cm³/mol. The van der Waals surface area contributed by atoms with Gasteiger partial charge in [-0.2, -0.15) is 10.5 Å². The van der Waals surface area contributed by atoms with Crippen LogP contribution in [0.3, 0.4) is 0 Å². The summed E-state index contributed by atoms with van der Waals surface area (Å²) >= 11 is 1.17. The summed E-state index contributed by atoms with van der Waals surface area (Å²) in [5, 5.41) is 20.9. The van der Waals surface area contributed by atoms with Crippen molar-refractivity contribution in [3.8, 4) is 12.1 Å². The molecule has 0 bridgehead atoms. The first kappa shape index (κ1) is 17.3. The summed E-state index contributed by atoms with van der Waals surface area (Å²) in [5.74, 6) is -0.125. The Morgan fingerprint density at radius 3 is 2.54 bits per heavy atom. The molecule has 0 aliphatic carbocycles. The standard InChI is InChI=1S/C17H15N5OS/c1-2-14(16(23)21-13-6-4-3-5-7-13)24-17-12(10-19)8-11(9-18)15(20)22-17/h3-8,14H,2H2,1H3,(H2,20,22)(H,21,23)/t14-/m0/s1. The predicted octanol–water partition coefficient (Wildman–Crippen LogP) is 2.92. The van der Waals surface area contributed by atoms with Crippen molar-refractivity contribution >= 4 is 29.2 Å². The van der Waals surface area contributed by atoms with Gasteiger partial charge in [-0.15, -0.1) is 0 Å². The van der Waals surface area contributed by atoms with E-state index in [2.05, 4.69) is 10.3 Å². The molecule has 2 aromatic rings. The molecule has 0 fully saturated rings. The highest BCUT2D eigenvalue weighted by Gasteiger charge is 2.21. The van der Waals surface area contributed by atoms with Crippen LogP contribution < -0.4 is 11.1 Å². The number of rotatable bonds is 5. The van der Waals surface area contributed by atoms with Gasteiger partial charge in [-0.05, 0) is 24.6 Å². The molecule has 0 aliphatic heterocycles. The first-order chi connectivity index (χ1) is 11.6. The number of para-hydroxylation sites is 1. The highest BCUT2D eigenvalue weighted by molar-refractivity contribution is 8.00. The fourth-order valence-corrected chi connectivity index (χ4v) is 2.96. The minimum atomic E-state index is -0.433. The molecule has 3 N–H and O–H groups in total. The third kappa shape index (κ3) is 4.03. The van der Waals surface area contributed by atoms with Crippen LogP contribution in [0.4, 0.5) is 11.5 Å². The number of hydrogen-bond donors (Lipinski definition) is 2. The summed E-state index contributed by atoms with van der Waals surface area (Å²) < 4.78 is 0. The topological polar surface area (TPSA) is 116 Å². The number of hydrogen-bond acceptors (Lipinski definition) is 6. The SMILES string of the molecule is CC[C@H](Sc1nc(N)c(C#N)cc1C#N)C(=O)Nc1ccccc1. The zero-order valence-electron chi connectivity index (χ0n) is 13.0. The minimum absolute atomic E-state index is 0.0531. The largest absolute Gasteiger partial charge is 0.383 e. The minimum Gasteiger partial charge on any atom is -0.383 e. The molecular weight excluding hydrogens is 322 g/mol. The van der Waals surface area contributed by atoms with E-state index in [9.17, 15) is 10.1 Å². The number of amides is 1. The lowest BCUT2D eigenvalue weighted by atomic mass is 10.2. The normalized spacial score (nSPS) is 11.1. The molecule has 24 heavy (non-hydrogen) atoms. The number of benzene rings is 1. The van der Waals surface area contributed by atoms with Crippen LogP contribution in [0.25, 0.3) is 0 Å². The van der Waals surface area contributed by atoms with Gasteiger partial charge in [0.15, 0.2) is 0 Å². The second-order valence-corrected chi connectivity index (χ2v) is 6.06. The molecule has 0 spiro atoms. The Morgan fingerprint density at radius 1 is 1.29 bits per heavy atom. The van der Waals surface area contributed by atoms with Crippen molar-refractivity contribution in [1.29, 1.82) is 10.5 Å². The van der Waals surface area contributed by atoms with Gasteiger partial charge >= 0.3 is 0 Å². The summed E-state index contributed by atoms with van der Waals surface area (Å²) in [6.07, 6.45) is 0.551. The lowest BCUT2D eigenvalue weighted by molar-refractivity contribution is -0.115. The Bertz CT molecular complexity index is 823. The van der Waals surface area contributed by atoms with Crippen LogP contribution in [-0.2, 0) is 4.79 Å².